The van der Waals surface area contributed by atoms with Gasteiger partial charge in [-0.25, -0.2) is 4.68 Å². The number of carbonyl (C=O) groups excluding carboxylic acids is 2. The van der Waals surface area contributed by atoms with E-state index in [-0.39, 0.29) is 23.6 Å². The minimum atomic E-state index is -0.311. The Balaban J connectivity index is 1.57. The fourth-order valence-corrected chi connectivity index (χ4v) is 3.73. The summed E-state index contributed by atoms with van der Waals surface area (Å²) in [6.07, 6.45) is 0.766. The molecule has 4 rings (SSSR count). The lowest BCUT2D eigenvalue weighted by molar-refractivity contribution is -0.116. The van der Waals surface area contributed by atoms with E-state index in [1.165, 1.54) is 0 Å². The van der Waals surface area contributed by atoms with Gasteiger partial charge >= 0.3 is 0 Å². The first-order valence-corrected chi connectivity index (χ1v) is 9.17. The van der Waals surface area contributed by atoms with Crippen molar-refractivity contribution in [2.24, 2.45) is 0 Å². The molecule has 0 fully saturated rings. The van der Waals surface area contributed by atoms with Crippen LogP contribution in [0.5, 0.6) is 0 Å². The van der Waals surface area contributed by atoms with Gasteiger partial charge in [0.05, 0.1) is 11.4 Å². The van der Waals surface area contributed by atoms with E-state index in [0.717, 1.165) is 23.4 Å². The maximum Gasteiger partial charge on any atom is 0.278 e. The van der Waals surface area contributed by atoms with Gasteiger partial charge in [-0.15, -0.1) is 5.10 Å². The van der Waals surface area contributed by atoms with Crippen LogP contribution in [-0.2, 0) is 11.2 Å². The highest BCUT2D eigenvalue weighted by Crippen LogP contribution is 2.34. The first-order chi connectivity index (χ1) is 13.5. The highest BCUT2D eigenvalue weighted by atomic mass is 16.2. The largest absolute Gasteiger partial charge is 0.321 e. The van der Waals surface area contributed by atoms with Crippen molar-refractivity contribution in [3.05, 3.63) is 65.5 Å². The number of benzene rings is 2. The molecule has 0 radical (unpaired) electrons. The van der Waals surface area contributed by atoms with Crippen LogP contribution >= 0.6 is 0 Å². The van der Waals surface area contributed by atoms with Gasteiger partial charge in [-0.2, -0.15) is 0 Å². The molecule has 7 nitrogen and oxygen atoms in total. The van der Waals surface area contributed by atoms with Crippen LogP contribution in [0.2, 0.25) is 0 Å². The van der Waals surface area contributed by atoms with E-state index in [9.17, 15) is 9.59 Å². The summed E-state index contributed by atoms with van der Waals surface area (Å²) in [5.41, 5.74) is 4.43. The van der Waals surface area contributed by atoms with Crippen LogP contribution in [0.15, 0.2) is 48.5 Å². The average molecular weight is 375 g/mol. The van der Waals surface area contributed by atoms with E-state index in [1.54, 1.807) is 16.5 Å². The lowest BCUT2D eigenvalue weighted by atomic mass is 10.1. The summed E-state index contributed by atoms with van der Waals surface area (Å²) in [6, 6.07) is 15.3. The number of hydrogen-bond donors (Lipinski definition) is 1. The number of carbonyl (C=O) groups is 2. The molecule has 1 aromatic heterocycles. The zero-order chi connectivity index (χ0) is 19.8. The Kier molecular flexibility index (Phi) is 4.43. The summed E-state index contributed by atoms with van der Waals surface area (Å²) in [5.74, 6) is -0.287. The Bertz CT molecular complexity index is 1060. The number of hydrogen-bond acceptors (Lipinski definition) is 4. The number of nitrogens with zero attached hydrogens (tertiary/aromatic N) is 4. The fourth-order valence-electron chi connectivity index (χ4n) is 3.73. The Hall–Kier alpha value is -3.48. The van der Waals surface area contributed by atoms with Gasteiger partial charge in [0, 0.05) is 24.3 Å². The molecule has 0 saturated carbocycles. The number of nitrogens with one attached hydrogen (secondary N) is 1. The molecule has 142 valence electrons. The molecule has 3 aromatic rings. The Labute approximate surface area is 163 Å². The van der Waals surface area contributed by atoms with Crippen LogP contribution in [0.1, 0.15) is 35.6 Å². The number of anilines is 2. The van der Waals surface area contributed by atoms with Gasteiger partial charge in [-0.05, 0) is 56.2 Å². The van der Waals surface area contributed by atoms with Crippen LogP contribution in [0.4, 0.5) is 11.4 Å². The molecule has 2 amide bonds. The third-order valence-corrected chi connectivity index (χ3v) is 5.00. The molecule has 1 aliphatic heterocycles. The van der Waals surface area contributed by atoms with E-state index >= 15 is 0 Å². The van der Waals surface area contributed by atoms with Crippen LogP contribution < -0.4 is 10.2 Å². The van der Waals surface area contributed by atoms with Crippen molar-refractivity contribution >= 4 is 23.2 Å². The second kappa shape index (κ2) is 6.92. The first-order valence-electron chi connectivity index (χ1n) is 9.17. The highest BCUT2D eigenvalue weighted by molar-refractivity contribution is 6.04. The third-order valence-electron chi connectivity index (χ3n) is 5.00. The van der Waals surface area contributed by atoms with Crippen molar-refractivity contribution in [2.45, 2.75) is 33.2 Å². The van der Waals surface area contributed by atoms with Gasteiger partial charge in [0.2, 0.25) is 5.91 Å². The summed E-state index contributed by atoms with van der Waals surface area (Å²) in [5, 5.41) is 11.1. The molecule has 7 heteroatoms. The molecule has 1 atom stereocenters. The minimum Gasteiger partial charge on any atom is -0.321 e. The highest BCUT2D eigenvalue weighted by Gasteiger charge is 2.29. The van der Waals surface area contributed by atoms with E-state index in [0.29, 0.717) is 11.4 Å². The Morgan fingerprint density at radius 2 is 1.89 bits per heavy atom. The van der Waals surface area contributed by atoms with E-state index in [2.05, 4.69) is 15.6 Å². The number of aromatic nitrogens is 3. The van der Waals surface area contributed by atoms with E-state index in [4.69, 9.17) is 0 Å². The molecule has 0 aliphatic carbocycles. The number of rotatable bonds is 3. The summed E-state index contributed by atoms with van der Waals surface area (Å²) < 4.78 is 1.64. The SMILES string of the molecule is CC(=O)N1c2ccc(NC(=O)c3nnn(-c4ccccc4)c3C)cc2C[C@@H]1C. The second-order valence-corrected chi connectivity index (χ2v) is 7.01. The lowest BCUT2D eigenvalue weighted by Gasteiger charge is -2.20. The molecule has 1 N–H and O–H groups in total. The van der Waals surface area contributed by atoms with Gasteiger partial charge in [0.1, 0.15) is 0 Å². The molecule has 2 aromatic carbocycles. The molecular weight excluding hydrogens is 354 g/mol. The Morgan fingerprint density at radius 3 is 2.61 bits per heavy atom. The molecule has 0 saturated heterocycles. The van der Waals surface area contributed by atoms with Gasteiger partial charge in [-0.1, -0.05) is 23.4 Å². The number of para-hydroxylation sites is 1. The van der Waals surface area contributed by atoms with Gasteiger partial charge in [0.15, 0.2) is 5.69 Å². The van der Waals surface area contributed by atoms with Gasteiger partial charge < -0.3 is 10.2 Å². The summed E-state index contributed by atoms with van der Waals surface area (Å²) in [7, 11) is 0. The normalized spacial score (nSPS) is 15.4. The van der Waals surface area contributed by atoms with Crippen molar-refractivity contribution in [3.63, 3.8) is 0 Å². The minimum absolute atomic E-state index is 0.0242. The lowest BCUT2D eigenvalue weighted by Crippen LogP contribution is -2.33. The van der Waals surface area contributed by atoms with Crippen LogP contribution in [0.25, 0.3) is 5.69 Å². The monoisotopic (exact) mass is 375 g/mol. The molecule has 28 heavy (non-hydrogen) atoms. The number of fused-ring (bicyclic) bond motifs is 1. The topological polar surface area (TPSA) is 80.1 Å². The average Bonchev–Trinajstić information content (AvgIpc) is 3.21. The van der Waals surface area contributed by atoms with Gasteiger partial charge in [0.25, 0.3) is 5.91 Å². The fraction of sp³-hybridized carbons (Fsp3) is 0.238. The maximum absolute atomic E-state index is 12.7. The molecule has 2 heterocycles. The molecule has 0 bridgehead atoms. The molecule has 0 unspecified atom stereocenters. The van der Waals surface area contributed by atoms with E-state index < -0.39 is 0 Å². The van der Waals surface area contributed by atoms with Crippen molar-refractivity contribution < 1.29 is 9.59 Å². The predicted octanol–water partition coefficient (Wildman–Crippen LogP) is 3.13. The van der Waals surface area contributed by atoms with Crippen LogP contribution in [0.3, 0.4) is 0 Å². The summed E-state index contributed by atoms with van der Waals surface area (Å²) in [4.78, 5) is 26.4. The Morgan fingerprint density at radius 1 is 1.14 bits per heavy atom. The first kappa shape index (κ1) is 17.9. The second-order valence-electron chi connectivity index (χ2n) is 7.01. The van der Waals surface area contributed by atoms with Crippen LogP contribution in [0, 0.1) is 6.92 Å². The molecule has 1 aliphatic rings. The van der Waals surface area contributed by atoms with Crippen molar-refractivity contribution in [2.75, 3.05) is 10.2 Å². The third kappa shape index (κ3) is 3.05. The molecular formula is C21H21N5O2. The number of amides is 2. The smallest absolute Gasteiger partial charge is 0.278 e. The molecule has 0 spiro atoms. The van der Waals surface area contributed by atoms with Crippen LogP contribution in [-0.4, -0.2) is 32.9 Å². The predicted molar refractivity (Wildman–Crippen MR) is 107 cm³/mol. The van der Waals surface area contributed by atoms with Crippen molar-refractivity contribution in [1.82, 2.24) is 15.0 Å². The maximum atomic E-state index is 12.7. The van der Waals surface area contributed by atoms with Gasteiger partial charge in [-0.3, -0.25) is 9.59 Å². The van der Waals surface area contributed by atoms with Crippen molar-refractivity contribution in [3.8, 4) is 5.69 Å². The summed E-state index contributed by atoms with van der Waals surface area (Å²) in [6.45, 7) is 5.40. The standard InChI is InChI=1S/C21H21N5O2/c1-13-11-16-12-17(9-10-19(16)25(13)15(3)27)22-21(28)20-14(2)26(24-23-20)18-7-5-4-6-8-18/h4-10,12-13H,11H2,1-3H3,(H,22,28)/t13-/m0/s1. The van der Waals surface area contributed by atoms with Crippen molar-refractivity contribution in [1.29, 1.82) is 0 Å². The van der Waals surface area contributed by atoms with E-state index in [1.807, 2.05) is 62.4 Å². The quantitative estimate of drug-likeness (QED) is 0.763. The zero-order valence-corrected chi connectivity index (χ0v) is 16.0. The zero-order valence-electron chi connectivity index (χ0n) is 16.0. The summed E-state index contributed by atoms with van der Waals surface area (Å²) >= 11 is 0.